The molecule has 0 saturated carbocycles. The number of likely N-dealkylation sites (tertiary alicyclic amines) is 2. The second kappa shape index (κ2) is 6.02. The lowest BCUT2D eigenvalue weighted by Gasteiger charge is -2.38. The van der Waals surface area contributed by atoms with E-state index in [9.17, 15) is 9.59 Å². The number of carbonyl (C=O) groups is 2. The van der Waals surface area contributed by atoms with Gasteiger partial charge in [-0.15, -0.1) is 0 Å². The molecule has 2 heterocycles. The fourth-order valence-corrected chi connectivity index (χ4v) is 3.30. The van der Waals surface area contributed by atoms with Crippen LogP contribution in [0.4, 0.5) is 4.79 Å². The molecule has 0 spiro atoms. The van der Waals surface area contributed by atoms with E-state index in [0.717, 1.165) is 45.3 Å². The highest BCUT2D eigenvalue weighted by molar-refractivity contribution is 5.75. The Morgan fingerprint density at radius 2 is 2.00 bits per heavy atom. The number of nitrogens with zero attached hydrogens (tertiary/aromatic N) is 2. The van der Waals surface area contributed by atoms with Gasteiger partial charge in [-0.25, -0.2) is 4.79 Å². The zero-order valence-corrected chi connectivity index (χ0v) is 12.6. The Morgan fingerprint density at radius 3 is 2.60 bits per heavy atom. The Hall–Kier alpha value is -1.26. The highest BCUT2D eigenvalue weighted by Crippen LogP contribution is 2.31. The fraction of sp³-hybridized carbons (Fsp3) is 0.867. The molecule has 2 rings (SSSR count). The van der Waals surface area contributed by atoms with Gasteiger partial charge >= 0.3 is 12.0 Å². The van der Waals surface area contributed by atoms with E-state index in [4.69, 9.17) is 5.11 Å². The first kappa shape index (κ1) is 15.1. The molecule has 2 amide bonds. The Labute approximate surface area is 120 Å². The molecule has 1 unspecified atom stereocenters. The summed E-state index contributed by atoms with van der Waals surface area (Å²) in [5.74, 6) is -0.773. The standard InChI is InChI=1S/C15H26N2O3/c1-15(2)8-10-16(11-15)14(20)17-9-4-3-5-12(17)6-7-13(18)19/h12H,3-11H2,1-2H3,(H,18,19). The van der Waals surface area contributed by atoms with Gasteiger partial charge in [0, 0.05) is 32.1 Å². The van der Waals surface area contributed by atoms with E-state index in [1.165, 1.54) is 0 Å². The van der Waals surface area contributed by atoms with Crippen molar-refractivity contribution in [2.45, 2.75) is 58.4 Å². The van der Waals surface area contributed by atoms with Gasteiger partial charge in [-0.05, 0) is 37.5 Å². The summed E-state index contributed by atoms with van der Waals surface area (Å²) in [6, 6.07) is 0.224. The number of urea groups is 1. The predicted molar refractivity (Wildman–Crippen MR) is 76.6 cm³/mol. The number of carboxylic acids is 1. The van der Waals surface area contributed by atoms with Gasteiger partial charge in [0.15, 0.2) is 0 Å². The number of amides is 2. The van der Waals surface area contributed by atoms with Crippen molar-refractivity contribution in [1.29, 1.82) is 0 Å². The summed E-state index contributed by atoms with van der Waals surface area (Å²) in [5.41, 5.74) is 0.210. The molecule has 2 fully saturated rings. The highest BCUT2D eigenvalue weighted by atomic mass is 16.4. The van der Waals surface area contributed by atoms with E-state index in [-0.39, 0.29) is 23.9 Å². The number of aliphatic carboxylic acids is 1. The van der Waals surface area contributed by atoms with Crippen molar-refractivity contribution in [3.63, 3.8) is 0 Å². The lowest BCUT2D eigenvalue weighted by molar-refractivity contribution is -0.137. The van der Waals surface area contributed by atoms with E-state index < -0.39 is 5.97 Å². The molecule has 1 atom stereocenters. The predicted octanol–water partition coefficient (Wildman–Crippen LogP) is 2.56. The monoisotopic (exact) mass is 282 g/mol. The number of hydrogen-bond acceptors (Lipinski definition) is 2. The molecule has 1 N–H and O–H groups in total. The van der Waals surface area contributed by atoms with Gasteiger partial charge in [-0.3, -0.25) is 4.79 Å². The third kappa shape index (κ3) is 3.64. The van der Waals surface area contributed by atoms with Crippen LogP contribution in [-0.2, 0) is 4.79 Å². The van der Waals surface area contributed by atoms with Crippen LogP contribution in [0.15, 0.2) is 0 Å². The molecule has 0 aromatic rings. The van der Waals surface area contributed by atoms with Gasteiger partial charge in [-0.2, -0.15) is 0 Å². The molecule has 5 heteroatoms. The van der Waals surface area contributed by atoms with Crippen molar-refractivity contribution in [1.82, 2.24) is 9.80 Å². The minimum Gasteiger partial charge on any atom is -0.481 e. The lowest BCUT2D eigenvalue weighted by atomic mass is 9.93. The maximum Gasteiger partial charge on any atom is 0.320 e. The second-order valence-electron chi connectivity index (χ2n) is 6.89. The molecular weight excluding hydrogens is 256 g/mol. The van der Waals surface area contributed by atoms with Crippen molar-refractivity contribution in [3.8, 4) is 0 Å². The van der Waals surface area contributed by atoms with Crippen LogP contribution in [0.3, 0.4) is 0 Å². The highest BCUT2D eigenvalue weighted by Gasteiger charge is 2.36. The Bertz CT molecular complexity index is 381. The van der Waals surface area contributed by atoms with E-state index in [1.54, 1.807) is 0 Å². The molecule has 0 aromatic heterocycles. The van der Waals surface area contributed by atoms with Crippen LogP contribution in [0, 0.1) is 5.41 Å². The fourth-order valence-electron chi connectivity index (χ4n) is 3.30. The first-order chi connectivity index (χ1) is 9.39. The summed E-state index contributed by atoms with van der Waals surface area (Å²) in [6.07, 6.45) is 4.85. The Morgan fingerprint density at radius 1 is 1.25 bits per heavy atom. The molecule has 2 aliphatic rings. The molecule has 114 valence electrons. The summed E-state index contributed by atoms with van der Waals surface area (Å²) >= 11 is 0. The maximum absolute atomic E-state index is 12.6. The topological polar surface area (TPSA) is 60.9 Å². The van der Waals surface area contributed by atoms with Crippen LogP contribution in [0.2, 0.25) is 0 Å². The normalized spacial score (nSPS) is 25.8. The molecular formula is C15H26N2O3. The zero-order valence-electron chi connectivity index (χ0n) is 12.6. The van der Waals surface area contributed by atoms with Crippen molar-refractivity contribution < 1.29 is 14.7 Å². The minimum atomic E-state index is -0.773. The summed E-state index contributed by atoms with van der Waals surface area (Å²) < 4.78 is 0. The van der Waals surface area contributed by atoms with Crippen molar-refractivity contribution >= 4 is 12.0 Å². The van der Waals surface area contributed by atoms with E-state index in [0.29, 0.717) is 6.42 Å². The maximum atomic E-state index is 12.6. The summed E-state index contributed by atoms with van der Waals surface area (Å²) in [6.45, 7) is 6.80. The largest absolute Gasteiger partial charge is 0.481 e. The summed E-state index contributed by atoms with van der Waals surface area (Å²) in [5, 5.41) is 8.84. The smallest absolute Gasteiger partial charge is 0.320 e. The zero-order chi connectivity index (χ0) is 14.8. The van der Waals surface area contributed by atoms with Gasteiger partial charge < -0.3 is 14.9 Å². The molecule has 0 aromatic carbocycles. The number of carboxylic acid groups (broad SMARTS) is 1. The van der Waals surface area contributed by atoms with Crippen LogP contribution in [0.1, 0.15) is 52.4 Å². The molecule has 20 heavy (non-hydrogen) atoms. The Balaban J connectivity index is 1.96. The minimum absolute atomic E-state index is 0.107. The first-order valence-electron chi connectivity index (χ1n) is 7.66. The average Bonchev–Trinajstić information content (AvgIpc) is 2.76. The van der Waals surface area contributed by atoms with Crippen LogP contribution in [-0.4, -0.2) is 52.6 Å². The summed E-state index contributed by atoms with van der Waals surface area (Å²) in [7, 11) is 0. The molecule has 0 radical (unpaired) electrons. The third-order valence-electron chi connectivity index (χ3n) is 4.51. The molecule has 2 aliphatic heterocycles. The van der Waals surface area contributed by atoms with Gasteiger partial charge in [-0.1, -0.05) is 13.8 Å². The molecule has 0 bridgehead atoms. The van der Waals surface area contributed by atoms with E-state index in [2.05, 4.69) is 13.8 Å². The number of hydrogen-bond donors (Lipinski definition) is 1. The second-order valence-corrected chi connectivity index (χ2v) is 6.89. The van der Waals surface area contributed by atoms with Crippen molar-refractivity contribution in [2.75, 3.05) is 19.6 Å². The van der Waals surface area contributed by atoms with E-state index >= 15 is 0 Å². The van der Waals surface area contributed by atoms with Crippen LogP contribution < -0.4 is 0 Å². The van der Waals surface area contributed by atoms with Crippen LogP contribution in [0.25, 0.3) is 0 Å². The van der Waals surface area contributed by atoms with Gasteiger partial charge in [0.1, 0.15) is 0 Å². The molecule has 0 aliphatic carbocycles. The van der Waals surface area contributed by atoms with Crippen molar-refractivity contribution in [3.05, 3.63) is 0 Å². The van der Waals surface area contributed by atoms with Gasteiger partial charge in [0.05, 0.1) is 0 Å². The number of rotatable bonds is 3. The quantitative estimate of drug-likeness (QED) is 0.865. The SMILES string of the molecule is CC1(C)CCN(C(=O)N2CCCCC2CCC(=O)O)C1. The summed E-state index contributed by atoms with van der Waals surface area (Å²) in [4.78, 5) is 27.3. The van der Waals surface area contributed by atoms with Gasteiger partial charge in [0.25, 0.3) is 0 Å². The average molecular weight is 282 g/mol. The number of piperidine rings is 1. The van der Waals surface area contributed by atoms with Crippen molar-refractivity contribution in [2.24, 2.45) is 5.41 Å². The Kier molecular flexibility index (Phi) is 4.55. The lowest BCUT2D eigenvalue weighted by Crippen LogP contribution is -2.50. The molecule has 2 saturated heterocycles. The third-order valence-corrected chi connectivity index (χ3v) is 4.51. The van der Waals surface area contributed by atoms with Crippen LogP contribution in [0.5, 0.6) is 0 Å². The van der Waals surface area contributed by atoms with E-state index in [1.807, 2.05) is 9.80 Å². The van der Waals surface area contributed by atoms with Crippen LogP contribution >= 0.6 is 0 Å². The first-order valence-corrected chi connectivity index (χ1v) is 7.66. The number of carbonyl (C=O) groups excluding carboxylic acids is 1. The molecule has 5 nitrogen and oxygen atoms in total. The van der Waals surface area contributed by atoms with Gasteiger partial charge in [0.2, 0.25) is 0 Å².